The number of carbonyl (C=O) groups is 1. The van der Waals surface area contributed by atoms with Crippen LogP contribution in [0.15, 0.2) is 18.3 Å². The fourth-order valence-corrected chi connectivity index (χ4v) is 1.25. The third kappa shape index (κ3) is 2.58. The molecule has 0 fully saturated rings. The molecule has 0 saturated carbocycles. The first-order chi connectivity index (χ1) is 7.38. The molecule has 0 unspecified atom stereocenters. The second-order valence-electron chi connectivity index (χ2n) is 4.52. The zero-order valence-electron chi connectivity index (χ0n) is 10.2. The van der Waals surface area contributed by atoms with E-state index in [0.29, 0.717) is 5.56 Å². The Bertz CT molecular complexity index is 388. The maximum atomic E-state index is 12.1. The Morgan fingerprint density at radius 3 is 2.69 bits per heavy atom. The molecule has 1 aromatic heterocycles. The first-order valence-corrected chi connectivity index (χ1v) is 5.20. The van der Waals surface area contributed by atoms with E-state index >= 15 is 0 Å². The van der Waals surface area contributed by atoms with Crippen LogP contribution >= 0.6 is 0 Å². The number of aryl methyl sites for hydroxylation is 1. The minimum absolute atomic E-state index is 0.0701. The van der Waals surface area contributed by atoms with Crippen LogP contribution in [0.2, 0.25) is 0 Å². The highest BCUT2D eigenvalue weighted by molar-refractivity contribution is 5.94. The number of aromatic nitrogens is 1. The van der Waals surface area contributed by atoms with Crippen LogP contribution in [0.25, 0.3) is 0 Å². The Kier molecular flexibility index (Phi) is 3.65. The first-order valence-electron chi connectivity index (χ1n) is 5.20. The lowest BCUT2D eigenvalue weighted by atomic mass is 10.0. The second kappa shape index (κ2) is 4.61. The van der Waals surface area contributed by atoms with E-state index in [2.05, 4.69) is 4.98 Å². The van der Waals surface area contributed by atoms with Crippen molar-refractivity contribution in [3.63, 3.8) is 0 Å². The average molecular weight is 222 g/mol. The summed E-state index contributed by atoms with van der Waals surface area (Å²) in [7, 11) is 1.69. The number of pyridine rings is 1. The lowest BCUT2D eigenvalue weighted by Gasteiger charge is -2.34. The van der Waals surface area contributed by atoms with Crippen molar-refractivity contribution in [1.29, 1.82) is 0 Å². The molecule has 0 bridgehead atoms. The van der Waals surface area contributed by atoms with E-state index < -0.39 is 5.54 Å². The predicted octanol–water partition coefficient (Wildman–Crippen LogP) is 1.23. The van der Waals surface area contributed by atoms with Crippen molar-refractivity contribution < 1.29 is 9.90 Å². The van der Waals surface area contributed by atoms with Gasteiger partial charge >= 0.3 is 0 Å². The lowest BCUT2D eigenvalue weighted by Crippen LogP contribution is -2.47. The predicted molar refractivity (Wildman–Crippen MR) is 62.2 cm³/mol. The quantitative estimate of drug-likeness (QED) is 0.837. The molecule has 1 amide bonds. The van der Waals surface area contributed by atoms with Gasteiger partial charge < -0.3 is 10.0 Å². The number of aliphatic hydroxyl groups is 1. The monoisotopic (exact) mass is 222 g/mol. The standard InChI is InChI=1S/C12H18N2O2/c1-9-7-10(5-6-13-9)11(16)14(4)12(2,3)8-15/h5-7,15H,8H2,1-4H3. The Balaban J connectivity index is 2.95. The van der Waals surface area contributed by atoms with Gasteiger partial charge in [-0.1, -0.05) is 0 Å². The zero-order valence-corrected chi connectivity index (χ0v) is 10.2. The topological polar surface area (TPSA) is 53.4 Å². The van der Waals surface area contributed by atoms with Gasteiger partial charge in [0.2, 0.25) is 0 Å². The Morgan fingerprint density at radius 2 is 2.19 bits per heavy atom. The van der Waals surface area contributed by atoms with Crippen LogP contribution in [-0.4, -0.2) is 40.1 Å². The molecule has 0 aromatic carbocycles. The van der Waals surface area contributed by atoms with Crippen LogP contribution < -0.4 is 0 Å². The molecule has 0 spiro atoms. The highest BCUT2D eigenvalue weighted by Crippen LogP contribution is 2.15. The largest absolute Gasteiger partial charge is 0.394 e. The van der Waals surface area contributed by atoms with Gasteiger partial charge in [-0.15, -0.1) is 0 Å². The summed E-state index contributed by atoms with van der Waals surface area (Å²) >= 11 is 0. The van der Waals surface area contributed by atoms with E-state index in [4.69, 9.17) is 0 Å². The maximum absolute atomic E-state index is 12.1. The van der Waals surface area contributed by atoms with E-state index in [9.17, 15) is 9.90 Å². The molecule has 1 N–H and O–H groups in total. The Morgan fingerprint density at radius 1 is 1.56 bits per heavy atom. The third-order valence-corrected chi connectivity index (χ3v) is 2.74. The van der Waals surface area contributed by atoms with Crippen molar-refractivity contribution in [3.05, 3.63) is 29.6 Å². The first kappa shape index (κ1) is 12.6. The smallest absolute Gasteiger partial charge is 0.254 e. The number of rotatable bonds is 3. The Hall–Kier alpha value is -1.42. The summed E-state index contributed by atoms with van der Waals surface area (Å²) in [4.78, 5) is 17.7. The number of likely N-dealkylation sites (N-methyl/N-ethyl adjacent to an activating group) is 1. The van der Waals surface area contributed by atoms with Crippen LogP contribution in [0, 0.1) is 6.92 Å². The van der Waals surface area contributed by atoms with E-state index in [1.165, 1.54) is 0 Å². The molecule has 1 heterocycles. The summed E-state index contributed by atoms with van der Waals surface area (Å²) < 4.78 is 0. The van der Waals surface area contributed by atoms with Crippen LogP contribution in [0.4, 0.5) is 0 Å². The normalized spacial score (nSPS) is 11.3. The molecule has 4 nitrogen and oxygen atoms in total. The van der Waals surface area contributed by atoms with Gasteiger partial charge in [0, 0.05) is 24.5 Å². The van der Waals surface area contributed by atoms with E-state index in [0.717, 1.165) is 5.69 Å². The molecule has 0 radical (unpaired) electrons. The van der Waals surface area contributed by atoms with Crippen molar-refractivity contribution in [2.75, 3.05) is 13.7 Å². The van der Waals surface area contributed by atoms with E-state index in [1.807, 2.05) is 20.8 Å². The second-order valence-corrected chi connectivity index (χ2v) is 4.52. The van der Waals surface area contributed by atoms with Crippen LogP contribution in [0.5, 0.6) is 0 Å². The summed E-state index contributed by atoms with van der Waals surface area (Å²) in [6.45, 7) is 5.41. The van der Waals surface area contributed by atoms with Gasteiger partial charge in [0.1, 0.15) is 0 Å². The van der Waals surface area contributed by atoms with E-state index in [-0.39, 0.29) is 12.5 Å². The van der Waals surface area contributed by atoms with Crippen molar-refractivity contribution in [1.82, 2.24) is 9.88 Å². The zero-order chi connectivity index (χ0) is 12.3. The highest BCUT2D eigenvalue weighted by atomic mass is 16.3. The molecule has 1 rings (SSSR count). The SMILES string of the molecule is Cc1cc(C(=O)N(C)C(C)(C)CO)ccn1. The number of aliphatic hydroxyl groups excluding tert-OH is 1. The molecule has 0 aliphatic carbocycles. The van der Waals surface area contributed by atoms with Crippen LogP contribution in [-0.2, 0) is 0 Å². The van der Waals surface area contributed by atoms with Gasteiger partial charge in [-0.3, -0.25) is 9.78 Å². The molecule has 1 aromatic rings. The van der Waals surface area contributed by atoms with Gasteiger partial charge in [0.05, 0.1) is 12.1 Å². The van der Waals surface area contributed by atoms with E-state index in [1.54, 1.807) is 30.3 Å². The van der Waals surface area contributed by atoms with Gasteiger partial charge in [-0.05, 0) is 32.9 Å². The summed E-state index contributed by atoms with van der Waals surface area (Å²) in [5.74, 6) is -0.107. The third-order valence-electron chi connectivity index (χ3n) is 2.74. The van der Waals surface area contributed by atoms with Gasteiger partial charge in [0.25, 0.3) is 5.91 Å². The van der Waals surface area contributed by atoms with Crippen molar-refractivity contribution in [3.8, 4) is 0 Å². The molecule has 0 saturated heterocycles. The fourth-order valence-electron chi connectivity index (χ4n) is 1.25. The van der Waals surface area contributed by atoms with Crippen molar-refractivity contribution in [2.24, 2.45) is 0 Å². The van der Waals surface area contributed by atoms with Crippen molar-refractivity contribution in [2.45, 2.75) is 26.3 Å². The molecule has 88 valence electrons. The van der Waals surface area contributed by atoms with Gasteiger partial charge in [-0.25, -0.2) is 0 Å². The molecule has 0 aliphatic rings. The maximum Gasteiger partial charge on any atom is 0.254 e. The number of hydrogen-bond acceptors (Lipinski definition) is 3. The number of nitrogens with zero attached hydrogens (tertiary/aromatic N) is 2. The summed E-state index contributed by atoms with van der Waals surface area (Å²) in [6.07, 6.45) is 1.61. The number of carbonyl (C=O) groups excluding carboxylic acids is 1. The minimum Gasteiger partial charge on any atom is -0.394 e. The molecular weight excluding hydrogens is 204 g/mol. The minimum atomic E-state index is -0.561. The number of amides is 1. The molecule has 0 aliphatic heterocycles. The van der Waals surface area contributed by atoms with Gasteiger partial charge in [-0.2, -0.15) is 0 Å². The summed E-state index contributed by atoms with van der Waals surface area (Å²) in [5.41, 5.74) is 0.839. The van der Waals surface area contributed by atoms with Gasteiger partial charge in [0.15, 0.2) is 0 Å². The molecular formula is C12H18N2O2. The lowest BCUT2D eigenvalue weighted by molar-refractivity contribution is 0.0473. The molecule has 4 heteroatoms. The summed E-state index contributed by atoms with van der Waals surface area (Å²) in [6, 6.07) is 3.42. The van der Waals surface area contributed by atoms with Crippen LogP contribution in [0.3, 0.4) is 0 Å². The summed E-state index contributed by atoms with van der Waals surface area (Å²) in [5, 5.41) is 9.21. The molecule has 0 atom stereocenters. The molecule has 16 heavy (non-hydrogen) atoms. The van der Waals surface area contributed by atoms with Crippen molar-refractivity contribution >= 4 is 5.91 Å². The highest BCUT2D eigenvalue weighted by Gasteiger charge is 2.27. The fraction of sp³-hybridized carbons (Fsp3) is 0.500. The Labute approximate surface area is 95.9 Å². The average Bonchev–Trinajstić information content (AvgIpc) is 2.27. The van der Waals surface area contributed by atoms with Crippen LogP contribution in [0.1, 0.15) is 29.9 Å². The number of hydrogen-bond donors (Lipinski definition) is 1.